The number of hydrogen-bond donors (Lipinski definition) is 0. The molecule has 0 aliphatic heterocycles. The molecule has 16 heavy (non-hydrogen) atoms. The molecule has 0 heterocycles. The molecule has 0 spiro atoms. The van der Waals surface area contributed by atoms with Gasteiger partial charge < -0.3 is 0 Å². The summed E-state index contributed by atoms with van der Waals surface area (Å²) in [5.41, 5.74) is 0. The highest BCUT2D eigenvalue weighted by molar-refractivity contribution is 9.11. The summed E-state index contributed by atoms with van der Waals surface area (Å²) < 4.78 is 1.15. The largest absolute Gasteiger partial charge is 0.120 e. The predicted molar refractivity (Wildman–Crippen MR) is 74.0 cm³/mol. The van der Waals surface area contributed by atoms with Crippen molar-refractivity contribution in [3.8, 4) is 24.2 Å². The van der Waals surface area contributed by atoms with Gasteiger partial charge >= 0.3 is 0 Å². The maximum absolute atomic E-state index is 5.18. The van der Waals surface area contributed by atoms with E-state index in [2.05, 4.69) is 51.9 Å². The third kappa shape index (κ3) is 5.84. The topological polar surface area (TPSA) is 0 Å². The van der Waals surface area contributed by atoms with Crippen molar-refractivity contribution in [2.45, 2.75) is 38.5 Å². The third-order valence-electron chi connectivity index (χ3n) is 2.44. The molecule has 1 aliphatic carbocycles. The van der Waals surface area contributed by atoms with Gasteiger partial charge in [-0.25, -0.2) is 0 Å². The summed E-state index contributed by atoms with van der Waals surface area (Å²) in [6.07, 6.45) is 18.0. The van der Waals surface area contributed by atoms with Crippen LogP contribution in [0.25, 0.3) is 0 Å². The van der Waals surface area contributed by atoms with E-state index in [0.717, 1.165) is 30.2 Å². The van der Waals surface area contributed by atoms with Crippen molar-refractivity contribution in [3.05, 3.63) is 22.7 Å². The summed E-state index contributed by atoms with van der Waals surface area (Å²) in [6.45, 7) is 0. The van der Waals surface area contributed by atoms with Gasteiger partial charge in [-0.2, -0.15) is 0 Å². The molecule has 0 saturated heterocycles. The Bertz CT molecular complexity index is 357. The highest BCUT2D eigenvalue weighted by Gasteiger charge is 2.03. The van der Waals surface area contributed by atoms with Crippen molar-refractivity contribution in [2.75, 3.05) is 0 Å². The highest BCUT2D eigenvalue weighted by Crippen LogP contribution is 2.19. The van der Waals surface area contributed by atoms with Gasteiger partial charge in [0.2, 0.25) is 0 Å². The second kappa shape index (κ2) is 8.26. The van der Waals surface area contributed by atoms with E-state index < -0.39 is 0 Å². The fraction of sp³-hybridized carbons (Fsp3) is 0.467. The molecule has 0 radical (unpaired) electrons. The van der Waals surface area contributed by atoms with E-state index in [4.69, 9.17) is 6.42 Å². The monoisotopic (exact) mass is 276 g/mol. The lowest BCUT2D eigenvalue weighted by molar-refractivity contribution is 0.708. The van der Waals surface area contributed by atoms with E-state index in [-0.39, 0.29) is 0 Å². The van der Waals surface area contributed by atoms with Gasteiger partial charge in [-0.1, -0.05) is 46.5 Å². The molecule has 1 unspecified atom stereocenters. The fourth-order valence-corrected chi connectivity index (χ4v) is 2.07. The van der Waals surface area contributed by atoms with Gasteiger partial charge in [-0.05, 0) is 19.3 Å². The summed E-state index contributed by atoms with van der Waals surface area (Å²) in [5.74, 6) is 9.60. The molecule has 1 aliphatic rings. The molecule has 0 aromatic rings. The smallest absolute Gasteiger partial charge is 0.0431 e. The zero-order valence-electron chi connectivity index (χ0n) is 9.51. The Morgan fingerprint density at radius 2 is 2.12 bits per heavy atom. The van der Waals surface area contributed by atoms with Crippen LogP contribution in [0.1, 0.15) is 38.5 Å². The Morgan fingerprint density at radius 1 is 1.31 bits per heavy atom. The third-order valence-corrected chi connectivity index (χ3v) is 2.97. The van der Waals surface area contributed by atoms with E-state index in [1.807, 2.05) is 0 Å². The summed E-state index contributed by atoms with van der Waals surface area (Å²) in [6, 6.07) is 0. The van der Waals surface area contributed by atoms with Crippen LogP contribution in [0.15, 0.2) is 22.7 Å². The van der Waals surface area contributed by atoms with Crippen molar-refractivity contribution < 1.29 is 0 Å². The van der Waals surface area contributed by atoms with Crippen LogP contribution in [0, 0.1) is 30.1 Å². The van der Waals surface area contributed by atoms with E-state index in [1.165, 1.54) is 12.8 Å². The predicted octanol–water partition coefficient (Wildman–Crippen LogP) is 4.43. The van der Waals surface area contributed by atoms with Gasteiger partial charge in [0.05, 0.1) is 0 Å². The van der Waals surface area contributed by atoms with Crippen LogP contribution < -0.4 is 0 Å². The molecule has 1 atom stereocenters. The first-order chi connectivity index (χ1) is 7.83. The number of rotatable bonds is 4. The Morgan fingerprint density at radius 3 is 2.88 bits per heavy atom. The lowest BCUT2D eigenvalue weighted by Gasteiger charge is -2.06. The lowest BCUT2D eigenvalue weighted by atomic mass is 10.0. The zero-order valence-corrected chi connectivity index (χ0v) is 11.1. The summed E-state index contributed by atoms with van der Waals surface area (Å²) in [5, 5.41) is 0. The number of hydrogen-bond acceptors (Lipinski definition) is 0. The Hall–Kier alpha value is -0.920. The van der Waals surface area contributed by atoms with Crippen LogP contribution in [0.3, 0.4) is 0 Å². The molecule has 0 saturated carbocycles. The van der Waals surface area contributed by atoms with Gasteiger partial charge in [-0.3, -0.25) is 0 Å². The lowest BCUT2D eigenvalue weighted by Crippen LogP contribution is -1.94. The van der Waals surface area contributed by atoms with Gasteiger partial charge in [0, 0.05) is 23.2 Å². The number of unbranched alkanes of at least 4 members (excludes halogenated alkanes) is 4. The first-order valence-corrected chi connectivity index (χ1v) is 6.58. The molecule has 0 amide bonds. The van der Waals surface area contributed by atoms with E-state index in [9.17, 15) is 0 Å². The Kier molecular flexibility index (Phi) is 6.78. The minimum absolute atomic E-state index is 0.394. The number of terminal acetylenes is 1. The maximum atomic E-state index is 5.18. The average molecular weight is 277 g/mol. The molecule has 0 aromatic carbocycles. The zero-order chi connectivity index (χ0) is 11.6. The van der Waals surface area contributed by atoms with Crippen molar-refractivity contribution in [3.63, 3.8) is 0 Å². The van der Waals surface area contributed by atoms with E-state index >= 15 is 0 Å². The molecule has 84 valence electrons. The minimum Gasteiger partial charge on any atom is -0.120 e. The number of halogens is 1. The molecule has 1 rings (SSSR count). The Balaban J connectivity index is 2.14. The molecule has 0 fully saturated rings. The highest BCUT2D eigenvalue weighted by atomic mass is 79.9. The van der Waals surface area contributed by atoms with Gasteiger partial charge in [0.25, 0.3) is 0 Å². The molecular formula is C15H17Br. The van der Waals surface area contributed by atoms with Gasteiger partial charge in [0.1, 0.15) is 0 Å². The molecule has 0 N–H and O–H groups in total. The normalized spacial score (nSPS) is 18.2. The fourth-order valence-electron chi connectivity index (χ4n) is 1.56. The van der Waals surface area contributed by atoms with Crippen LogP contribution in [0.4, 0.5) is 0 Å². The molecule has 0 nitrogen and oxygen atoms in total. The summed E-state index contributed by atoms with van der Waals surface area (Å²) in [4.78, 5) is 0. The molecular weight excluding hydrogens is 260 g/mol. The quantitative estimate of drug-likeness (QED) is 0.527. The van der Waals surface area contributed by atoms with Gasteiger partial charge in [0.15, 0.2) is 0 Å². The standard InChI is InChI=1S/C15H17Br/c1-2-3-4-5-6-7-8-10-14-11-9-12-15(16)13-14/h1,9,12-14H,3-7,11H2. The minimum atomic E-state index is 0.394. The first kappa shape index (κ1) is 13.1. The molecule has 0 bridgehead atoms. The molecule has 0 aromatic heterocycles. The van der Waals surface area contributed by atoms with Gasteiger partial charge in [-0.15, -0.1) is 18.3 Å². The van der Waals surface area contributed by atoms with Crippen LogP contribution in [-0.2, 0) is 0 Å². The average Bonchev–Trinajstić information content (AvgIpc) is 2.28. The van der Waals surface area contributed by atoms with E-state index in [0.29, 0.717) is 5.92 Å². The summed E-state index contributed by atoms with van der Waals surface area (Å²) in [7, 11) is 0. The van der Waals surface area contributed by atoms with Crippen LogP contribution in [0.2, 0.25) is 0 Å². The Labute approximate surface area is 107 Å². The van der Waals surface area contributed by atoms with Crippen LogP contribution in [0.5, 0.6) is 0 Å². The van der Waals surface area contributed by atoms with Crippen molar-refractivity contribution >= 4 is 15.9 Å². The van der Waals surface area contributed by atoms with Crippen molar-refractivity contribution in [1.29, 1.82) is 0 Å². The summed E-state index contributed by atoms with van der Waals surface area (Å²) >= 11 is 3.47. The SMILES string of the molecule is C#CCCCCCC#CC1C=C(Br)C=CC1. The van der Waals surface area contributed by atoms with Crippen molar-refractivity contribution in [1.82, 2.24) is 0 Å². The molecule has 1 heteroatoms. The maximum Gasteiger partial charge on any atom is 0.0431 e. The first-order valence-electron chi connectivity index (χ1n) is 5.78. The van der Waals surface area contributed by atoms with Crippen molar-refractivity contribution in [2.24, 2.45) is 5.92 Å². The van der Waals surface area contributed by atoms with Crippen LogP contribution in [-0.4, -0.2) is 0 Å². The van der Waals surface area contributed by atoms with E-state index in [1.54, 1.807) is 0 Å². The second-order valence-corrected chi connectivity index (χ2v) is 4.80. The second-order valence-electron chi connectivity index (χ2n) is 3.88. The van der Waals surface area contributed by atoms with Crippen LogP contribution >= 0.6 is 15.9 Å². The number of allylic oxidation sites excluding steroid dienone is 4.